The summed E-state index contributed by atoms with van der Waals surface area (Å²) in [6.07, 6.45) is 3.97. The first kappa shape index (κ1) is 15.4. The fourth-order valence-corrected chi connectivity index (χ4v) is 2.05. The van der Waals surface area contributed by atoms with Gasteiger partial charge in [0.05, 0.1) is 17.7 Å². The quantitative estimate of drug-likeness (QED) is 0.711. The van der Waals surface area contributed by atoms with Crippen molar-refractivity contribution in [3.63, 3.8) is 0 Å². The Balaban J connectivity index is 2.07. The van der Waals surface area contributed by atoms with Crippen molar-refractivity contribution in [2.45, 2.75) is 19.8 Å². The fraction of sp³-hybridized carbons (Fsp3) is 0.615. The molecule has 0 spiro atoms. The lowest BCUT2D eigenvalue weighted by Gasteiger charge is -2.08. The van der Waals surface area contributed by atoms with Crippen LogP contribution in [0.25, 0.3) is 0 Å². The van der Waals surface area contributed by atoms with Crippen molar-refractivity contribution in [3.05, 3.63) is 22.3 Å². The summed E-state index contributed by atoms with van der Waals surface area (Å²) in [4.78, 5) is 4.33. The lowest BCUT2D eigenvalue weighted by molar-refractivity contribution is 0.0691. The average molecular weight is 317 g/mol. The van der Waals surface area contributed by atoms with Crippen molar-refractivity contribution in [1.82, 2.24) is 4.98 Å². The molecule has 0 aromatic carbocycles. The van der Waals surface area contributed by atoms with Crippen molar-refractivity contribution in [1.29, 1.82) is 0 Å². The predicted octanol–water partition coefficient (Wildman–Crippen LogP) is 3.01. The molecule has 0 aliphatic heterocycles. The van der Waals surface area contributed by atoms with Crippen LogP contribution in [-0.2, 0) is 9.47 Å². The number of methoxy groups -OCH3 is 1. The molecule has 18 heavy (non-hydrogen) atoms. The van der Waals surface area contributed by atoms with Crippen LogP contribution in [0.1, 0.15) is 18.4 Å². The number of hydrogen-bond acceptors (Lipinski definition) is 4. The molecule has 1 N–H and O–H groups in total. The first-order chi connectivity index (χ1) is 8.74. The minimum Gasteiger partial charge on any atom is -0.382 e. The molecular formula is C13H21BrN2O2. The SMILES string of the molecule is COCCOCCCCNc1ncc(C)cc1Br. The third-order valence-electron chi connectivity index (χ3n) is 2.42. The number of anilines is 1. The molecule has 0 fully saturated rings. The maximum atomic E-state index is 5.39. The van der Waals surface area contributed by atoms with Gasteiger partial charge in [-0.25, -0.2) is 4.98 Å². The number of ether oxygens (including phenoxy) is 2. The normalized spacial score (nSPS) is 10.6. The molecule has 0 saturated heterocycles. The Hall–Kier alpha value is -0.650. The summed E-state index contributed by atoms with van der Waals surface area (Å²) in [5.74, 6) is 0.904. The summed E-state index contributed by atoms with van der Waals surface area (Å²) in [6, 6.07) is 2.06. The van der Waals surface area contributed by atoms with Gasteiger partial charge in [0, 0.05) is 26.5 Å². The van der Waals surface area contributed by atoms with E-state index < -0.39 is 0 Å². The number of nitrogens with zero attached hydrogens (tertiary/aromatic N) is 1. The molecule has 0 saturated carbocycles. The van der Waals surface area contributed by atoms with E-state index in [2.05, 4.69) is 32.3 Å². The van der Waals surface area contributed by atoms with E-state index in [1.165, 1.54) is 0 Å². The highest BCUT2D eigenvalue weighted by Gasteiger charge is 2.00. The van der Waals surface area contributed by atoms with Crippen LogP contribution in [-0.4, -0.2) is 38.5 Å². The number of halogens is 1. The van der Waals surface area contributed by atoms with Crippen LogP contribution >= 0.6 is 15.9 Å². The van der Waals surface area contributed by atoms with Crippen LogP contribution in [0.15, 0.2) is 16.7 Å². The van der Waals surface area contributed by atoms with Gasteiger partial charge in [0.15, 0.2) is 0 Å². The van der Waals surface area contributed by atoms with E-state index >= 15 is 0 Å². The highest BCUT2D eigenvalue weighted by atomic mass is 79.9. The van der Waals surface area contributed by atoms with Crippen LogP contribution in [0.5, 0.6) is 0 Å². The van der Waals surface area contributed by atoms with Crippen molar-refractivity contribution < 1.29 is 9.47 Å². The Morgan fingerprint density at radius 2 is 2.11 bits per heavy atom. The molecule has 0 bridgehead atoms. The Morgan fingerprint density at radius 3 is 2.83 bits per heavy atom. The van der Waals surface area contributed by atoms with E-state index in [0.29, 0.717) is 13.2 Å². The van der Waals surface area contributed by atoms with E-state index in [4.69, 9.17) is 9.47 Å². The second-order valence-electron chi connectivity index (χ2n) is 4.08. The van der Waals surface area contributed by atoms with Crippen LogP contribution in [0.2, 0.25) is 0 Å². The van der Waals surface area contributed by atoms with Gasteiger partial charge in [-0.2, -0.15) is 0 Å². The van der Waals surface area contributed by atoms with Crippen LogP contribution < -0.4 is 5.32 Å². The summed E-state index contributed by atoms with van der Waals surface area (Å²) < 4.78 is 11.3. The summed E-state index contributed by atoms with van der Waals surface area (Å²) >= 11 is 3.49. The number of rotatable bonds is 9. The zero-order valence-electron chi connectivity index (χ0n) is 11.0. The van der Waals surface area contributed by atoms with Crippen LogP contribution in [0, 0.1) is 6.92 Å². The minimum atomic E-state index is 0.665. The van der Waals surface area contributed by atoms with E-state index in [0.717, 1.165) is 41.8 Å². The molecule has 0 radical (unpaired) electrons. The second kappa shape index (κ2) is 9.30. The van der Waals surface area contributed by atoms with Crippen molar-refractivity contribution in [2.75, 3.05) is 38.8 Å². The molecule has 1 aromatic rings. The van der Waals surface area contributed by atoms with Crippen molar-refractivity contribution in [2.24, 2.45) is 0 Å². The molecule has 1 aromatic heterocycles. The first-order valence-electron chi connectivity index (χ1n) is 6.16. The molecular weight excluding hydrogens is 296 g/mol. The van der Waals surface area contributed by atoms with E-state index in [1.807, 2.05) is 13.1 Å². The smallest absolute Gasteiger partial charge is 0.140 e. The van der Waals surface area contributed by atoms with Crippen molar-refractivity contribution in [3.8, 4) is 0 Å². The lowest BCUT2D eigenvalue weighted by atomic mass is 10.3. The lowest BCUT2D eigenvalue weighted by Crippen LogP contribution is -2.07. The molecule has 1 rings (SSSR count). The van der Waals surface area contributed by atoms with Gasteiger partial charge < -0.3 is 14.8 Å². The monoisotopic (exact) mass is 316 g/mol. The Labute approximate surface area is 117 Å². The van der Waals surface area contributed by atoms with Crippen LogP contribution in [0.3, 0.4) is 0 Å². The summed E-state index contributed by atoms with van der Waals surface area (Å²) in [5, 5.41) is 3.30. The summed E-state index contributed by atoms with van der Waals surface area (Å²) in [6.45, 7) is 5.06. The molecule has 0 amide bonds. The molecule has 0 aliphatic carbocycles. The predicted molar refractivity (Wildman–Crippen MR) is 77.1 cm³/mol. The Kier molecular flexibility index (Phi) is 7.96. The molecule has 0 unspecified atom stereocenters. The zero-order valence-corrected chi connectivity index (χ0v) is 12.6. The number of hydrogen-bond donors (Lipinski definition) is 1. The molecule has 0 atom stereocenters. The first-order valence-corrected chi connectivity index (χ1v) is 6.96. The molecule has 5 heteroatoms. The average Bonchev–Trinajstić information content (AvgIpc) is 2.35. The molecule has 4 nitrogen and oxygen atoms in total. The van der Waals surface area contributed by atoms with Gasteiger partial charge in [-0.15, -0.1) is 0 Å². The second-order valence-corrected chi connectivity index (χ2v) is 4.94. The third-order valence-corrected chi connectivity index (χ3v) is 3.02. The van der Waals surface area contributed by atoms with Gasteiger partial charge >= 0.3 is 0 Å². The van der Waals surface area contributed by atoms with Gasteiger partial charge in [-0.3, -0.25) is 0 Å². The maximum absolute atomic E-state index is 5.39. The molecule has 102 valence electrons. The van der Waals surface area contributed by atoms with Gasteiger partial charge in [0.1, 0.15) is 5.82 Å². The number of aromatic nitrogens is 1. The number of unbranched alkanes of at least 4 members (excludes halogenated alkanes) is 1. The zero-order chi connectivity index (χ0) is 13.2. The fourth-order valence-electron chi connectivity index (χ4n) is 1.44. The topological polar surface area (TPSA) is 43.4 Å². The van der Waals surface area contributed by atoms with Gasteiger partial charge in [0.25, 0.3) is 0 Å². The third kappa shape index (κ3) is 6.33. The summed E-state index contributed by atoms with van der Waals surface area (Å²) in [5.41, 5.74) is 1.15. The van der Waals surface area contributed by atoms with Gasteiger partial charge in [-0.1, -0.05) is 0 Å². The van der Waals surface area contributed by atoms with Crippen molar-refractivity contribution >= 4 is 21.7 Å². The number of aryl methyl sites for hydroxylation is 1. The molecule has 0 aliphatic rings. The van der Waals surface area contributed by atoms with E-state index in [9.17, 15) is 0 Å². The highest BCUT2D eigenvalue weighted by Crippen LogP contribution is 2.20. The minimum absolute atomic E-state index is 0.665. The largest absolute Gasteiger partial charge is 0.382 e. The Morgan fingerprint density at radius 1 is 1.28 bits per heavy atom. The van der Waals surface area contributed by atoms with E-state index in [-0.39, 0.29) is 0 Å². The Bertz CT molecular complexity index is 348. The van der Waals surface area contributed by atoms with Crippen LogP contribution in [0.4, 0.5) is 5.82 Å². The standard InChI is InChI=1S/C13H21BrN2O2/c1-11-9-12(14)13(16-10-11)15-5-3-4-6-18-8-7-17-2/h9-10H,3-8H2,1-2H3,(H,15,16). The summed E-state index contributed by atoms with van der Waals surface area (Å²) in [7, 11) is 1.68. The highest BCUT2D eigenvalue weighted by molar-refractivity contribution is 9.10. The maximum Gasteiger partial charge on any atom is 0.140 e. The van der Waals surface area contributed by atoms with Gasteiger partial charge in [-0.05, 0) is 47.3 Å². The van der Waals surface area contributed by atoms with Gasteiger partial charge in [0.2, 0.25) is 0 Å². The molecule has 1 heterocycles. The number of nitrogens with one attached hydrogen (secondary N) is 1. The number of pyridine rings is 1. The van der Waals surface area contributed by atoms with E-state index in [1.54, 1.807) is 7.11 Å².